The van der Waals surface area contributed by atoms with Gasteiger partial charge in [0.25, 0.3) is 0 Å². The molecule has 19 heavy (non-hydrogen) atoms. The summed E-state index contributed by atoms with van der Waals surface area (Å²) in [6.45, 7) is 0. The zero-order chi connectivity index (χ0) is 13.2. The van der Waals surface area contributed by atoms with Gasteiger partial charge in [-0.15, -0.1) is 0 Å². The highest BCUT2D eigenvalue weighted by Gasteiger charge is 2.20. The molecule has 1 aromatic heterocycles. The molecule has 4 nitrogen and oxygen atoms in total. The number of rotatable bonds is 2. The van der Waals surface area contributed by atoms with Gasteiger partial charge in [0, 0.05) is 23.3 Å². The fourth-order valence-electron chi connectivity index (χ4n) is 2.78. The number of hydrogen-bond acceptors (Lipinski definition) is 4. The molecule has 0 saturated heterocycles. The number of nitrogens with zero attached hydrogens (tertiary/aromatic N) is 1. The van der Waals surface area contributed by atoms with Crippen LogP contribution in [0.1, 0.15) is 25.7 Å². The van der Waals surface area contributed by atoms with E-state index in [1.54, 1.807) is 0 Å². The topological polar surface area (TPSA) is 71.2 Å². The lowest BCUT2D eigenvalue weighted by molar-refractivity contribution is 0.126. The van der Waals surface area contributed by atoms with Crippen molar-refractivity contribution in [1.82, 2.24) is 4.98 Å². The lowest BCUT2D eigenvalue weighted by Crippen LogP contribution is -2.28. The van der Waals surface area contributed by atoms with Gasteiger partial charge >= 0.3 is 0 Å². The summed E-state index contributed by atoms with van der Waals surface area (Å²) in [4.78, 5) is 4.43. The highest BCUT2D eigenvalue weighted by atomic mass is 16.3. The molecule has 0 amide bonds. The number of nitrogens with two attached hydrogens (primary N) is 1. The summed E-state index contributed by atoms with van der Waals surface area (Å²) in [6.07, 6.45) is 5.35. The molecule has 100 valence electrons. The first-order valence-corrected chi connectivity index (χ1v) is 6.82. The highest BCUT2D eigenvalue weighted by Crippen LogP contribution is 2.29. The van der Waals surface area contributed by atoms with E-state index >= 15 is 0 Å². The Bertz CT molecular complexity index is 571. The Morgan fingerprint density at radius 1 is 1.16 bits per heavy atom. The zero-order valence-electron chi connectivity index (χ0n) is 10.8. The molecule has 0 atom stereocenters. The maximum atomic E-state index is 9.55. The molecule has 1 heterocycles. The molecule has 1 fully saturated rings. The minimum atomic E-state index is -0.136. The summed E-state index contributed by atoms with van der Waals surface area (Å²) in [5.74, 6) is 0.858. The van der Waals surface area contributed by atoms with Crippen LogP contribution >= 0.6 is 0 Å². The van der Waals surface area contributed by atoms with Gasteiger partial charge in [-0.2, -0.15) is 0 Å². The van der Waals surface area contributed by atoms with Gasteiger partial charge in [-0.25, -0.2) is 4.98 Å². The molecule has 0 bridgehead atoms. The van der Waals surface area contributed by atoms with Crippen LogP contribution in [0.25, 0.3) is 10.8 Å². The number of nitrogens with one attached hydrogen (secondary N) is 1. The van der Waals surface area contributed by atoms with E-state index in [4.69, 9.17) is 5.73 Å². The smallest absolute Gasteiger partial charge is 0.136 e. The second-order valence-corrected chi connectivity index (χ2v) is 5.25. The molecule has 0 spiro atoms. The lowest BCUT2D eigenvalue weighted by Gasteiger charge is -2.27. The molecule has 4 heteroatoms. The Kier molecular flexibility index (Phi) is 3.25. The maximum absolute atomic E-state index is 9.55. The largest absolute Gasteiger partial charge is 0.398 e. The second-order valence-electron chi connectivity index (χ2n) is 5.25. The van der Waals surface area contributed by atoms with E-state index in [1.165, 1.54) is 0 Å². The fourth-order valence-corrected chi connectivity index (χ4v) is 2.78. The van der Waals surface area contributed by atoms with Gasteiger partial charge in [0.1, 0.15) is 5.82 Å². The Morgan fingerprint density at radius 2 is 1.95 bits per heavy atom. The lowest BCUT2D eigenvalue weighted by atomic mass is 9.93. The average molecular weight is 257 g/mol. The van der Waals surface area contributed by atoms with E-state index in [2.05, 4.69) is 10.3 Å². The number of benzene rings is 1. The fraction of sp³-hybridized carbons (Fsp3) is 0.400. The van der Waals surface area contributed by atoms with Crippen LogP contribution in [0.3, 0.4) is 0 Å². The Hall–Kier alpha value is -1.81. The Morgan fingerprint density at radius 3 is 2.74 bits per heavy atom. The first kappa shape index (κ1) is 12.2. The minimum absolute atomic E-state index is 0.136. The molecule has 1 saturated carbocycles. The summed E-state index contributed by atoms with van der Waals surface area (Å²) >= 11 is 0. The first-order chi connectivity index (χ1) is 9.24. The molecule has 0 aliphatic heterocycles. The number of anilines is 2. The minimum Gasteiger partial charge on any atom is -0.398 e. The summed E-state index contributed by atoms with van der Waals surface area (Å²) in [6, 6.07) is 8.25. The number of nitrogen functional groups attached to an aromatic ring is 1. The Labute approximate surface area is 112 Å². The number of hydrogen-bond donors (Lipinski definition) is 3. The molecular weight excluding hydrogens is 238 g/mol. The van der Waals surface area contributed by atoms with Crippen LogP contribution in [0, 0.1) is 0 Å². The van der Waals surface area contributed by atoms with Crippen molar-refractivity contribution in [3.05, 3.63) is 30.5 Å². The monoisotopic (exact) mass is 257 g/mol. The van der Waals surface area contributed by atoms with Crippen molar-refractivity contribution >= 4 is 22.3 Å². The van der Waals surface area contributed by atoms with Crippen molar-refractivity contribution in [3.63, 3.8) is 0 Å². The van der Waals surface area contributed by atoms with Gasteiger partial charge in [0.05, 0.1) is 6.10 Å². The van der Waals surface area contributed by atoms with Gasteiger partial charge in [-0.05, 0) is 43.2 Å². The van der Waals surface area contributed by atoms with Gasteiger partial charge in [0.15, 0.2) is 0 Å². The van der Waals surface area contributed by atoms with Crippen LogP contribution in [0.5, 0.6) is 0 Å². The number of aromatic nitrogens is 1. The third-order valence-corrected chi connectivity index (χ3v) is 3.86. The van der Waals surface area contributed by atoms with Crippen LogP contribution < -0.4 is 11.1 Å². The highest BCUT2D eigenvalue weighted by molar-refractivity contribution is 6.00. The molecule has 1 aromatic carbocycles. The number of fused-ring (bicyclic) bond motifs is 1. The van der Waals surface area contributed by atoms with Crippen LogP contribution in [-0.4, -0.2) is 22.2 Å². The molecule has 1 aliphatic carbocycles. The molecule has 0 unspecified atom stereocenters. The number of aliphatic hydroxyl groups is 1. The van der Waals surface area contributed by atoms with Crippen LogP contribution in [0.15, 0.2) is 30.5 Å². The van der Waals surface area contributed by atoms with Crippen molar-refractivity contribution < 1.29 is 5.11 Å². The van der Waals surface area contributed by atoms with Crippen LogP contribution in [0.4, 0.5) is 11.5 Å². The third kappa shape index (κ3) is 2.49. The van der Waals surface area contributed by atoms with Crippen molar-refractivity contribution in [3.8, 4) is 0 Å². The molecular formula is C15H19N3O. The summed E-state index contributed by atoms with van der Waals surface area (Å²) in [7, 11) is 0. The van der Waals surface area contributed by atoms with Crippen LogP contribution in [0.2, 0.25) is 0 Å². The molecule has 4 N–H and O–H groups in total. The SMILES string of the molecule is Nc1cccc2ccnc(NC3CCC(O)CC3)c12. The maximum Gasteiger partial charge on any atom is 0.136 e. The molecule has 2 aromatic rings. The second kappa shape index (κ2) is 5.05. The van der Waals surface area contributed by atoms with Gasteiger partial charge < -0.3 is 16.2 Å². The van der Waals surface area contributed by atoms with Crippen molar-refractivity contribution in [1.29, 1.82) is 0 Å². The Balaban J connectivity index is 1.88. The summed E-state index contributed by atoms with van der Waals surface area (Å²) in [5.41, 5.74) is 6.82. The van der Waals surface area contributed by atoms with Gasteiger partial charge in [-0.1, -0.05) is 12.1 Å². The molecule has 1 aliphatic rings. The summed E-state index contributed by atoms with van der Waals surface area (Å²) < 4.78 is 0. The normalized spacial score (nSPS) is 23.4. The zero-order valence-corrected chi connectivity index (χ0v) is 10.8. The van der Waals surface area contributed by atoms with Crippen LogP contribution in [-0.2, 0) is 0 Å². The average Bonchev–Trinajstić information content (AvgIpc) is 2.42. The predicted molar refractivity (Wildman–Crippen MR) is 78.0 cm³/mol. The van der Waals surface area contributed by atoms with Crippen molar-refractivity contribution in [2.45, 2.75) is 37.8 Å². The van der Waals surface area contributed by atoms with E-state index in [0.29, 0.717) is 6.04 Å². The van der Waals surface area contributed by atoms with Gasteiger partial charge in [-0.3, -0.25) is 0 Å². The van der Waals surface area contributed by atoms with Gasteiger partial charge in [0.2, 0.25) is 0 Å². The van der Waals surface area contributed by atoms with E-state index in [0.717, 1.165) is 48.0 Å². The third-order valence-electron chi connectivity index (χ3n) is 3.86. The van der Waals surface area contributed by atoms with Crippen molar-refractivity contribution in [2.24, 2.45) is 0 Å². The van der Waals surface area contributed by atoms with E-state index in [1.807, 2.05) is 30.5 Å². The quantitative estimate of drug-likeness (QED) is 0.723. The van der Waals surface area contributed by atoms with Crippen molar-refractivity contribution in [2.75, 3.05) is 11.1 Å². The first-order valence-electron chi connectivity index (χ1n) is 6.82. The molecule has 0 radical (unpaired) electrons. The van der Waals surface area contributed by atoms with E-state index in [-0.39, 0.29) is 6.10 Å². The number of pyridine rings is 1. The molecule has 3 rings (SSSR count). The predicted octanol–water partition coefficient (Wildman–Crippen LogP) is 2.53. The van der Waals surface area contributed by atoms with E-state index in [9.17, 15) is 5.11 Å². The number of aliphatic hydroxyl groups excluding tert-OH is 1. The standard InChI is InChI=1S/C15H19N3O/c16-13-3-1-2-10-8-9-17-15(14(10)13)18-11-4-6-12(19)7-5-11/h1-3,8-9,11-12,19H,4-7,16H2,(H,17,18). The summed E-state index contributed by atoms with van der Waals surface area (Å²) in [5, 5.41) is 15.1. The van der Waals surface area contributed by atoms with E-state index < -0.39 is 0 Å².